The van der Waals surface area contributed by atoms with E-state index in [1.807, 2.05) is 37.3 Å². The number of hydrogen-bond acceptors (Lipinski definition) is 7. The molecule has 1 aliphatic heterocycles. The zero-order valence-electron chi connectivity index (χ0n) is 18.3. The summed E-state index contributed by atoms with van der Waals surface area (Å²) in [7, 11) is 0. The second-order valence-corrected chi connectivity index (χ2v) is 7.55. The summed E-state index contributed by atoms with van der Waals surface area (Å²) < 4.78 is 6.81. The Hall–Kier alpha value is -3.69. The Labute approximate surface area is 186 Å². The van der Waals surface area contributed by atoms with E-state index in [0.717, 1.165) is 22.8 Å². The quantitative estimate of drug-likeness (QED) is 0.590. The molecular weight excluding hydrogens is 410 g/mol. The van der Waals surface area contributed by atoms with Crippen molar-refractivity contribution in [3.8, 4) is 0 Å². The maximum absolute atomic E-state index is 12.6. The Morgan fingerprint density at radius 1 is 1.12 bits per heavy atom. The lowest BCUT2D eigenvalue weighted by Crippen LogP contribution is -2.50. The van der Waals surface area contributed by atoms with Crippen LogP contribution >= 0.6 is 0 Å². The van der Waals surface area contributed by atoms with Crippen LogP contribution in [0.1, 0.15) is 24.6 Å². The highest BCUT2D eigenvalue weighted by atomic mass is 16.5. The number of benzene rings is 1. The van der Waals surface area contributed by atoms with Gasteiger partial charge in [-0.3, -0.25) is 4.79 Å². The van der Waals surface area contributed by atoms with Crippen molar-refractivity contribution in [1.82, 2.24) is 24.5 Å². The molecular formula is C22H27N7O3. The summed E-state index contributed by atoms with van der Waals surface area (Å²) >= 11 is 0. The van der Waals surface area contributed by atoms with Crippen LogP contribution in [0.3, 0.4) is 0 Å². The zero-order chi connectivity index (χ0) is 22.5. The van der Waals surface area contributed by atoms with Crippen molar-refractivity contribution in [3.63, 3.8) is 0 Å². The molecule has 10 heteroatoms. The number of aryl methyl sites for hydroxylation is 1. The van der Waals surface area contributed by atoms with Crippen LogP contribution in [0.5, 0.6) is 0 Å². The summed E-state index contributed by atoms with van der Waals surface area (Å²) in [5, 5.41) is 7.30. The highest BCUT2D eigenvalue weighted by Gasteiger charge is 2.26. The fraction of sp³-hybridized carbons (Fsp3) is 0.409. The van der Waals surface area contributed by atoms with Crippen molar-refractivity contribution >= 4 is 29.3 Å². The maximum Gasteiger partial charge on any atom is 0.321 e. The second-order valence-electron chi connectivity index (χ2n) is 7.55. The van der Waals surface area contributed by atoms with Crippen LogP contribution in [0.25, 0.3) is 5.78 Å². The number of rotatable bonds is 6. The van der Waals surface area contributed by atoms with Gasteiger partial charge >= 0.3 is 12.0 Å². The highest BCUT2D eigenvalue weighted by Crippen LogP contribution is 2.26. The van der Waals surface area contributed by atoms with Gasteiger partial charge in [-0.05, 0) is 32.4 Å². The molecule has 10 nitrogen and oxygen atoms in total. The largest absolute Gasteiger partial charge is 0.466 e. The summed E-state index contributed by atoms with van der Waals surface area (Å²) in [5.41, 5.74) is 2.53. The van der Waals surface area contributed by atoms with Crippen LogP contribution in [0.15, 0.2) is 36.7 Å². The number of nitrogens with zero attached hydrogens (tertiary/aromatic N) is 6. The Kier molecular flexibility index (Phi) is 6.48. The van der Waals surface area contributed by atoms with Gasteiger partial charge in [-0.25, -0.2) is 9.78 Å². The molecule has 1 aromatic carbocycles. The van der Waals surface area contributed by atoms with Crippen molar-refractivity contribution in [3.05, 3.63) is 47.9 Å². The fourth-order valence-corrected chi connectivity index (χ4v) is 3.89. The molecule has 0 radical (unpaired) electrons. The Morgan fingerprint density at radius 3 is 2.59 bits per heavy atom. The van der Waals surface area contributed by atoms with Gasteiger partial charge in [0.2, 0.25) is 0 Å². The predicted octanol–water partition coefficient (Wildman–Crippen LogP) is 2.28. The zero-order valence-corrected chi connectivity index (χ0v) is 18.3. The van der Waals surface area contributed by atoms with Crippen molar-refractivity contribution < 1.29 is 14.3 Å². The molecule has 2 aromatic heterocycles. The number of fused-ring (bicyclic) bond motifs is 1. The molecule has 1 fully saturated rings. The van der Waals surface area contributed by atoms with Crippen LogP contribution in [-0.4, -0.2) is 69.3 Å². The number of carbonyl (C=O) groups excluding carboxylic acids is 2. The monoisotopic (exact) mass is 437 g/mol. The maximum atomic E-state index is 12.6. The Balaban J connectivity index is 1.50. The number of ether oxygens (including phenoxy) is 1. The third-order valence-corrected chi connectivity index (χ3v) is 5.48. The molecule has 0 spiro atoms. The number of hydrogen-bond donors (Lipinski definition) is 1. The van der Waals surface area contributed by atoms with Gasteiger partial charge in [0, 0.05) is 49.5 Å². The van der Waals surface area contributed by atoms with Gasteiger partial charge in [-0.15, -0.1) is 0 Å². The van der Waals surface area contributed by atoms with Crippen LogP contribution < -0.4 is 10.2 Å². The van der Waals surface area contributed by atoms with Crippen molar-refractivity contribution in [2.75, 3.05) is 43.0 Å². The lowest BCUT2D eigenvalue weighted by atomic mass is 10.1. The number of amides is 2. The van der Waals surface area contributed by atoms with Crippen molar-refractivity contribution in [2.45, 2.75) is 26.7 Å². The minimum Gasteiger partial charge on any atom is -0.466 e. The van der Waals surface area contributed by atoms with Gasteiger partial charge < -0.3 is 19.9 Å². The summed E-state index contributed by atoms with van der Waals surface area (Å²) in [6, 6.07) is 9.31. The molecule has 1 N–H and O–H groups in total. The van der Waals surface area contributed by atoms with E-state index in [0.29, 0.717) is 45.0 Å². The first-order chi connectivity index (χ1) is 15.6. The third-order valence-electron chi connectivity index (χ3n) is 5.48. The number of esters is 1. The number of carbonyl (C=O) groups is 2. The van der Waals surface area contributed by atoms with Gasteiger partial charge in [-0.2, -0.15) is 14.6 Å². The van der Waals surface area contributed by atoms with Gasteiger partial charge in [0.05, 0.1) is 6.61 Å². The van der Waals surface area contributed by atoms with E-state index in [1.54, 1.807) is 16.3 Å². The minimum absolute atomic E-state index is 0.116. The van der Waals surface area contributed by atoms with Crippen LogP contribution in [0.2, 0.25) is 0 Å². The average molecular weight is 438 g/mol. The first-order valence-corrected chi connectivity index (χ1v) is 10.8. The molecule has 0 saturated carbocycles. The lowest BCUT2D eigenvalue weighted by Gasteiger charge is -2.36. The highest BCUT2D eigenvalue weighted by molar-refractivity contribution is 5.89. The number of para-hydroxylation sites is 1. The molecule has 0 atom stereocenters. The number of anilines is 2. The summed E-state index contributed by atoms with van der Waals surface area (Å²) in [5.74, 6) is 1.15. The van der Waals surface area contributed by atoms with E-state index in [1.165, 1.54) is 6.33 Å². The SMILES string of the molecule is CCOC(=O)CCc1c(C)nc2ncnn2c1N1CCN(C(=O)Nc2ccccc2)CC1. The molecule has 1 saturated heterocycles. The predicted molar refractivity (Wildman–Crippen MR) is 120 cm³/mol. The second kappa shape index (κ2) is 9.63. The molecule has 168 valence electrons. The van der Waals surface area contributed by atoms with E-state index in [9.17, 15) is 9.59 Å². The lowest BCUT2D eigenvalue weighted by molar-refractivity contribution is -0.143. The van der Waals surface area contributed by atoms with Crippen LogP contribution in [0, 0.1) is 6.92 Å². The molecule has 32 heavy (non-hydrogen) atoms. The van der Waals surface area contributed by atoms with E-state index in [4.69, 9.17) is 4.74 Å². The molecule has 3 aromatic rings. The van der Waals surface area contributed by atoms with E-state index in [2.05, 4.69) is 25.3 Å². The smallest absolute Gasteiger partial charge is 0.321 e. The van der Waals surface area contributed by atoms with E-state index < -0.39 is 0 Å². The van der Waals surface area contributed by atoms with Gasteiger partial charge in [0.15, 0.2) is 0 Å². The molecule has 0 unspecified atom stereocenters. The van der Waals surface area contributed by atoms with Gasteiger partial charge in [0.25, 0.3) is 5.78 Å². The van der Waals surface area contributed by atoms with E-state index in [-0.39, 0.29) is 18.4 Å². The number of piperazine rings is 1. The van der Waals surface area contributed by atoms with Crippen LogP contribution in [0.4, 0.5) is 16.3 Å². The third kappa shape index (κ3) is 4.63. The van der Waals surface area contributed by atoms with Crippen molar-refractivity contribution in [2.24, 2.45) is 0 Å². The van der Waals surface area contributed by atoms with E-state index >= 15 is 0 Å². The molecule has 1 aliphatic rings. The van der Waals surface area contributed by atoms with Gasteiger partial charge in [0.1, 0.15) is 12.1 Å². The fourth-order valence-electron chi connectivity index (χ4n) is 3.89. The van der Waals surface area contributed by atoms with Gasteiger partial charge in [-0.1, -0.05) is 18.2 Å². The minimum atomic E-state index is -0.237. The van der Waals surface area contributed by atoms with Crippen molar-refractivity contribution in [1.29, 1.82) is 0 Å². The number of urea groups is 1. The molecule has 2 amide bonds. The normalized spacial score (nSPS) is 13.9. The standard InChI is InChI=1S/C22H27N7O3/c1-3-32-19(30)10-9-18-16(2)25-21-23-15-24-29(21)20(18)27-11-13-28(14-12-27)22(31)26-17-7-5-4-6-8-17/h4-8,15H,3,9-14H2,1-2H3,(H,26,31). The Morgan fingerprint density at radius 2 is 1.88 bits per heavy atom. The number of nitrogens with one attached hydrogen (secondary N) is 1. The molecule has 4 rings (SSSR count). The first-order valence-electron chi connectivity index (χ1n) is 10.8. The molecule has 0 aliphatic carbocycles. The summed E-state index contributed by atoms with van der Waals surface area (Å²) in [6.45, 7) is 6.46. The molecule has 3 heterocycles. The topological polar surface area (TPSA) is 105 Å². The van der Waals surface area contributed by atoms with Crippen LogP contribution in [-0.2, 0) is 16.0 Å². The average Bonchev–Trinajstić information content (AvgIpc) is 3.26. The summed E-state index contributed by atoms with van der Waals surface area (Å²) in [4.78, 5) is 37.4. The number of aromatic nitrogens is 4. The molecule has 0 bridgehead atoms. The Bertz CT molecular complexity index is 1090. The summed E-state index contributed by atoms with van der Waals surface area (Å²) in [6.07, 6.45) is 2.24. The first kappa shape index (κ1) is 21.5.